The third-order valence-corrected chi connectivity index (χ3v) is 6.44. The van der Waals surface area contributed by atoms with E-state index >= 15 is 0 Å². The molecule has 1 saturated heterocycles. The largest absolute Gasteiger partial charge is 0.352 e. The van der Waals surface area contributed by atoms with Crippen LogP contribution in [0, 0.1) is 0 Å². The molecule has 3 heterocycles. The zero-order valence-electron chi connectivity index (χ0n) is 16.5. The van der Waals surface area contributed by atoms with Gasteiger partial charge in [0.2, 0.25) is 0 Å². The standard InChI is InChI=1S/C22H23ClN4OS/c1-15(2)17-7-5-16(6-8-17)14-19-21(28)25-22(29-19)27-12-10-26(11-13-27)20-18(23)4-3-9-24-20/h3-9,14-15H,10-13H2,1-2H3. The van der Waals surface area contributed by atoms with Crippen LogP contribution < -0.4 is 4.90 Å². The van der Waals surface area contributed by atoms with E-state index in [2.05, 4.69) is 57.9 Å². The molecule has 4 rings (SSSR count). The van der Waals surface area contributed by atoms with Crippen LogP contribution in [0.25, 0.3) is 6.08 Å². The number of aromatic nitrogens is 1. The number of carbonyl (C=O) groups is 1. The van der Waals surface area contributed by atoms with Crippen LogP contribution in [0.5, 0.6) is 0 Å². The molecular formula is C22H23ClN4OS. The number of hydrogen-bond donors (Lipinski definition) is 0. The van der Waals surface area contributed by atoms with E-state index in [1.165, 1.54) is 17.3 Å². The lowest BCUT2D eigenvalue weighted by Gasteiger charge is -2.36. The number of halogens is 1. The molecule has 150 valence electrons. The number of nitrogens with zero attached hydrogens (tertiary/aromatic N) is 4. The summed E-state index contributed by atoms with van der Waals surface area (Å²) in [6, 6.07) is 12.0. The van der Waals surface area contributed by atoms with Crippen molar-refractivity contribution in [1.29, 1.82) is 0 Å². The summed E-state index contributed by atoms with van der Waals surface area (Å²) >= 11 is 7.72. The van der Waals surface area contributed by atoms with Crippen molar-refractivity contribution in [3.05, 3.63) is 63.6 Å². The fourth-order valence-electron chi connectivity index (χ4n) is 3.38. The lowest BCUT2D eigenvalue weighted by Crippen LogP contribution is -2.48. The van der Waals surface area contributed by atoms with Gasteiger partial charge in [0.05, 0.1) is 9.93 Å². The van der Waals surface area contributed by atoms with Gasteiger partial charge in [0.25, 0.3) is 5.91 Å². The Bertz CT molecular complexity index is 963. The van der Waals surface area contributed by atoms with Gasteiger partial charge in [-0.25, -0.2) is 4.98 Å². The maximum atomic E-state index is 12.4. The molecule has 1 aromatic heterocycles. The molecule has 0 bridgehead atoms. The lowest BCUT2D eigenvalue weighted by atomic mass is 10.0. The van der Waals surface area contributed by atoms with Crippen molar-refractivity contribution in [2.45, 2.75) is 19.8 Å². The number of amides is 1. The number of benzene rings is 1. The first kappa shape index (κ1) is 20.0. The first-order chi connectivity index (χ1) is 14.0. The Morgan fingerprint density at radius 3 is 2.41 bits per heavy atom. The minimum atomic E-state index is -0.159. The quantitative estimate of drug-likeness (QED) is 0.668. The van der Waals surface area contributed by atoms with E-state index in [4.69, 9.17) is 11.6 Å². The van der Waals surface area contributed by atoms with Crippen molar-refractivity contribution < 1.29 is 4.79 Å². The molecule has 0 spiro atoms. The van der Waals surface area contributed by atoms with Gasteiger partial charge >= 0.3 is 0 Å². The first-order valence-electron chi connectivity index (χ1n) is 9.74. The molecule has 0 aliphatic carbocycles. The summed E-state index contributed by atoms with van der Waals surface area (Å²) in [7, 11) is 0. The van der Waals surface area contributed by atoms with E-state index in [0.717, 1.165) is 42.7 Å². The van der Waals surface area contributed by atoms with E-state index < -0.39 is 0 Å². The van der Waals surface area contributed by atoms with E-state index in [1.54, 1.807) is 6.20 Å². The van der Waals surface area contributed by atoms with Gasteiger partial charge in [-0.1, -0.05) is 49.7 Å². The van der Waals surface area contributed by atoms with Crippen molar-refractivity contribution in [3.63, 3.8) is 0 Å². The Morgan fingerprint density at radius 2 is 1.76 bits per heavy atom. The number of rotatable bonds is 3. The van der Waals surface area contributed by atoms with Gasteiger partial charge < -0.3 is 9.80 Å². The predicted molar refractivity (Wildman–Crippen MR) is 122 cm³/mol. The van der Waals surface area contributed by atoms with Gasteiger partial charge in [0, 0.05) is 32.4 Å². The Balaban J connectivity index is 1.39. The van der Waals surface area contributed by atoms with Crippen LogP contribution in [-0.4, -0.2) is 47.1 Å². The van der Waals surface area contributed by atoms with Gasteiger partial charge in [0.1, 0.15) is 5.82 Å². The Morgan fingerprint density at radius 1 is 1.07 bits per heavy atom. The molecule has 2 aromatic rings. The molecule has 5 nitrogen and oxygen atoms in total. The van der Waals surface area contributed by atoms with Crippen LogP contribution in [0.2, 0.25) is 5.02 Å². The van der Waals surface area contributed by atoms with Gasteiger partial charge in [-0.3, -0.25) is 4.79 Å². The highest BCUT2D eigenvalue weighted by molar-refractivity contribution is 8.18. The van der Waals surface area contributed by atoms with Gasteiger partial charge in [-0.05, 0) is 47.0 Å². The van der Waals surface area contributed by atoms with Crippen LogP contribution in [-0.2, 0) is 4.79 Å². The molecule has 7 heteroatoms. The maximum absolute atomic E-state index is 12.4. The van der Waals surface area contributed by atoms with Crippen LogP contribution in [0.3, 0.4) is 0 Å². The second-order valence-corrected chi connectivity index (χ2v) is 8.83. The highest BCUT2D eigenvalue weighted by Crippen LogP contribution is 2.31. The molecule has 1 amide bonds. The Hall–Kier alpha value is -2.31. The molecule has 2 aliphatic rings. The average Bonchev–Trinajstić information content (AvgIpc) is 3.09. The van der Waals surface area contributed by atoms with Crippen LogP contribution in [0.4, 0.5) is 5.82 Å². The van der Waals surface area contributed by atoms with Crippen molar-refractivity contribution in [2.24, 2.45) is 4.99 Å². The van der Waals surface area contributed by atoms with Crippen molar-refractivity contribution >= 4 is 46.3 Å². The fraction of sp³-hybridized carbons (Fsp3) is 0.318. The summed E-state index contributed by atoms with van der Waals surface area (Å²) in [5, 5.41) is 1.45. The molecule has 1 aromatic carbocycles. The van der Waals surface area contributed by atoms with Gasteiger partial charge in [-0.2, -0.15) is 4.99 Å². The normalized spacial score (nSPS) is 18.7. The summed E-state index contributed by atoms with van der Waals surface area (Å²) in [5.41, 5.74) is 2.32. The molecule has 2 aliphatic heterocycles. The second-order valence-electron chi connectivity index (χ2n) is 7.41. The second kappa shape index (κ2) is 8.59. The number of piperazine rings is 1. The molecule has 0 radical (unpaired) electrons. The SMILES string of the molecule is CC(C)c1ccc(C=C2SC(N3CCN(c4ncccc4Cl)CC3)=NC2=O)cc1. The Labute approximate surface area is 180 Å². The zero-order chi connectivity index (χ0) is 20.4. The molecule has 0 unspecified atom stereocenters. The average molecular weight is 427 g/mol. The number of anilines is 1. The number of aliphatic imine (C=N–C) groups is 1. The number of hydrogen-bond acceptors (Lipinski definition) is 5. The molecule has 0 atom stereocenters. The third-order valence-electron chi connectivity index (χ3n) is 5.10. The summed E-state index contributed by atoms with van der Waals surface area (Å²) in [5.74, 6) is 1.15. The lowest BCUT2D eigenvalue weighted by molar-refractivity contribution is -0.113. The highest BCUT2D eigenvalue weighted by atomic mass is 35.5. The molecule has 1 fully saturated rings. The fourth-order valence-corrected chi connectivity index (χ4v) is 4.59. The summed E-state index contributed by atoms with van der Waals surface area (Å²) in [6.07, 6.45) is 3.69. The van der Waals surface area contributed by atoms with E-state index in [0.29, 0.717) is 15.8 Å². The molecule has 29 heavy (non-hydrogen) atoms. The van der Waals surface area contributed by atoms with E-state index in [9.17, 15) is 4.79 Å². The third kappa shape index (κ3) is 4.49. The smallest absolute Gasteiger partial charge is 0.286 e. The van der Waals surface area contributed by atoms with Crippen molar-refractivity contribution in [2.75, 3.05) is 31.1 Å². The van der Waals surface area contributed by atoms with Crippen molar-refractivity contribution in [3.8, 4) is 0 Å². The first-order valence-corrected chi connectivity index (χ1v) is 10.9. The summed E-state index contributed by atoms with van der Waals surface area (Å²) < 4.78 is 0. The predicted octanol–water partition coefficient (Wildman–Crippen LogP) is 4.65. The number of thioether (sulfide) groups is 1. The zero-order valence-corrected chi connectivity index (χ0v) is 18.1. The van der Waals surface area contributed by atoms with Crippen molar-refractivity contribution in [1.82, 2.24) is 9.88 Å². The van der Waals surface area contributed by atoms with Crippen LogP contribution in [0.15, 0.2) is 52.5 Å². The summed E-state index contributed by atoms with van der Waals surface area (Å²) in [4.78, 5) is 26.1. The highest BCUT2D eigenvalue weighted by Gasteiger charge is 2.29. The number of pyridine rings is 1. The number of carbonyl (C=O) groups excluding carboxylic acids is 1. The van der Waals surface area contributed by atoms with Crippen LogP contribution in [0.1, 0.15) is 30.9 Å². The minimum absolute atomic E-state index is 0.159. The maximum Gasteiger partial charge on any atom is 0.286 e. The monoisotopic (exact) mass is 426 g/mol. The van der Waals surface area contributed by atoms with Gasteiger partial charge in [-0.15, -0.1) is 0 Å². The summed E-state index contributed by atoms with van der Waals surface area (Å²) in [6.45, 7) is 7.49. The molecular weight excluding hydrogens is 404 g/mol. The number of amidine groups is 1. The van der Waals surface area contributed by atoms with Gasteiger partial charge in [0.15, 0.2) is 5.17 Å². The van der Waals surface area contributed by atoms with E-state index in [-0.39, 0.29) is 5.91 Å². The molecule has 0 N–H and O–H groups in total. The molecule has 0 saturated carbocycles. The minimum Gasteiger partial charge on any atom is -0.352 e. The van der Waals surface area contributed by atoms with Crippen LogP contribution >= 0.6 is 23.4 Å². The topological polar surface area (TPSA) is 48.8 Å². The Kier molecular flexibility index (Phi) is 5.92. The van der Waals surface area contributed by atoms with E-state index in [1.807, 2.05) is 18.2 Å².